The molecule has 0 radical (unpaired) electrons. The number of hydrogen-bond donors (Lipinski definition) is 0. The third-order valence-corrected chi connectivity index (χ3v) is 1.26. The first-order valence-electron chi connectivity index (χ1n) is 2.17. The van der Waals surface area contributed by atoms with Crippen molar-refractivity contribution in [3.05, 3.63) is 0 Å². The van der Waals surface area contributed by atoms with Gasteiger partial charge in [0.1, 0.15) is 0 Å². The van der Waals surface area contributed by atoms with Crippen molar-refractivity contribution < 1.29 is 0 Å². The topological polar surface area (TPSA) is 12.4 Å². The van der Waals surface area contributed by atoms with Crippen LogP contribution in [0, 0.1) is 0 Å². The lowest BCUT2D eigenvalue weighted by Gasteiger charge is -2.16. The Labute approximate surface area is 47.2 Å². The fourth-order valence-electron chi connectivity index (χ4n) is 0.316. The van der Waals surface area contributed by atoms with Crippen LogP contribution in [0.2, 0.25) is 0 Å². The zero-order valence-electron chi connectivity index (χ0n) is 5.43. The van der Waals surface area contributed by atoms with Gasteiger partial charge in [-0.3, -0.25) is 4.99 Å². The van der Waals surface area contributed by atoms with Gasteiger partial charge < -0.3 is 0 Å². The Kier molecular flexibility index (Phi) is 2.37. The van der Waals surface area contributed by atoms with Gasteiger partial charge in [-0.05, 0) is 18.8 Å². The molecule has 0 aromatic rings. The third kappa shape index (κ3) is 6.02. The van der Waals surface area contributed by atoms with Crippen LogP contribution in [-0.2, 0) is 0 Å². The lowest BCUT2D eigenvalue weighted by atomic mass is 11.4. The highest BCUT2D eigenvalue weighted by Crippen LogP contribution is 2.29. The average Bonchev–Trinajstić information content (AvgIpc) is 1.30. The predicted octanol–water partition coefficient (Wildman–Crippen LogP) is 1.34. The van der Waals surface area contributed by atoms with E-state index in [1.165, 1.54) is 0 Å². The maximum Gasteiger partial charge on any atom is 0.0360 e. The van der Waals surface area contributed by atoms with Gasteiger partial charge in [0.15, 0.2) is 0 Å². The first-order chi connectivity index (χ1) is 3.06. The third-order valence-electron chi connectivity index (χ3n) is 0.422. The number of rotatable bonds is 1. The summed E-state index contributed by atoms with van der Waals surface area (Å²) in [5, 5.41) is 0. The first kappa shape index (κ1) is 7.02. The van der Waals surface area contributed by atoms with Crippen molar-refractivity contribution in [1.82, 2.24) is 0 Å². The van der Waals surface area contributed by atoms with Crippen LogP contribution in [0.4, 0.5) is 0 Å². The number of aliphatic imine (C=N–C) groups is 1. The minimum Gasteiger partial charge on any atom is -0.291 e. The summed E-state index contributed by atoms with van der Waals surface area (Å²) in [6.45, 7) is 0. The second-order valence-corrected chi connectivity index (χ2v) is 6.37. The standard InChI is InChI=1S/C5H13NS/c1-6-5-7(2,3)4/h5H,1-4H3/b6-5+. The van der Waals surface area contributed by atoms with E-state index in [1.807, 2.05) is 12.6 Å². The molecule has 2 heteroatoms. The fourth-order valence-corrected chi connectivity index (χ4v) is 0.949. The van der Waals surface area contributed by atoms with Crippen LogP contribution in [0.3, 0.4) is 0 Å². The molecular weight excluding hydrogens is 106 g/mol. The highest BCUT2D eigenvalue weighted by atomic mass is 32.3. The van der Waals surface area contributed by atoms with E-state index in [0.29, 0.717) is 0 Å². The van der Waals surface area contributed by atoms with Gasteiger partial charge in [-0.25, -0.2) is 10.0 Å². The van der Waals surface area contributed by atoms with Crippen LogP contribution < -0.4 is 0 Å². The quantitative estimate of drug-likeness (QED) is 0.365. The molecule has 0 aliphatic carbocycles. The zero-order chi connectivity index (χ0) is 5.91. The molecule has 44 valence electrons. The Morgan fingerprint density at radius 1 is 1.29 bits per heavy atom. The minimum absolute atomic E-state index is 0.466. The minimum atomic E-state index is -0.466. The monoisotopic (exact) mass is 119 g/mol. The molecule has 0 spiro atoms. The first-order valence-corrected chi connectivity index (χ1v) is 5.09. The highest BCUT2D eigenvalue weighted by molar-refractivity contribution is 8.42. The SMILES string of the molecule is C/N=C/S(C)(C)C. The smallest absolute Gasteiger partial charge is 0.0360 e. The van der Waals surface area contributed by atoms with Gasteiger partial charge in [0.05, 0.1) is 0 Å². The molecule has 0 saturated carbocycles. The lowest BCUT2D eigenvalue weighted by molar-refractivity contribution is 1.49. The normalized spacial score (nSPS) is 15.4. The maximum atomic E-state index is 3.92. The maximum absolute atomic E-state index is 3.92. The molecule has 0 N–H and O–H groups in total. The molecule has 0 heterocycles. The van der Waals surface area contributed by atoms with E-state index in [4.69, 9.17) is 0 Å². The molecule has 7 heavy (non-hydrogen) atoms. The summed E-state index contributed by atoms with van der Waals surface area (Å²) in [6, 6.07) is 0. The average molecular weight is 119 g/mol. The van der Waals surface area contributed by atoms with E-state index in [9.17, 15) is 0 Å². The van der Waals surface area contributed by atoms with Crippen LogP contribution >= 0.6 is 10.0 Å². The molecule has 0 rings (SSSR count). The largest absolute Gasteiger partial charge is 0.291 e. The number of hydrogen-bond acceptors (Lipinski definition) is 1. The van der Waals surface area contributed by atoms with E-state index >= 15 is 0 Å². The molecule has 0 aromatic heterocycles. The molecular formula is C5H13NS. The van der Waals surface area contributed by atoms with E-state index < -0.39 is 10.0 Å². The summed E-state index contributed by atoms with van der Waals surface area (Å²) in [5.74, 6) is 0. The Morgan fingerprint density at radius 3 is 1.71 bits per heavy atom. The van der Waals surface area contributed by atoms with Crippen molar-refractivity contribution >= 4 is 15.6 Å². The second kappa shape index (κ2) is 2.36. The molecule has 0 aliphatic heterocycles. The molecule has 0 atom stereocenters. The molecule has 0 bridgehead atoms. The second-order valence-electron chi connectivity index (χ2n) is 2.30. The summed E-state index contributed by atoms with van der Waals surface area (Å²) in [4.78, 5) is 3.92. The van der Waals surface area contributed by atoms with Gasteiger partial charge >= 0.3 is 0 Å². The van der Waals surface area contributed by atoms with Gasteiger partial charge in [-0.15, -0.1) is 0 Å². The van der Waals surface area contributed by atoms with Gasteiger partial charge in [0.2, 0.25) is 0 Å². The summed E-state index contributed by atoms with van der Waals surface area (Å²) in [5.41, 5.74) is 2.02. The fraction of sp³-hybridized carbons (Fsp3) is 0.800. The number of nitrogens with zero attached hydrogens (tertiary/aromatic N) is 1. The van der Waals surface area contributed by atoms with Crippen LogP contribution in [-0.4, -0.2) is 31.4 Å². The molecule has 0 unspecified atom stereocenters. The molecule has 0 amide bonds. The van der Waals surface area contributed by atoms with Crippen molar-refractivity contribution in [1.29, 1.82) is 0 Å². The highest BCUT2D eigenvalue weighted by Gasteiger charge is 1.94. The summed E-state index contributed by atoms with van der Waals surface area (Å²) in [6.07, 6.45) is 6.62. The van der Waals surface area contributed by atoms with Crippen molar-refractivity contribution in [2.45, 2.75) is 0 Å². The van der Waals surface area contributed by atoms with Crippen molar-refractivity contribution in [2.75, 3.05) is 25.8 Å². The molecule has 1 nitrogen and oxygen atoms in total. The van der Waals surface area contributed by atoms with Crippen LogP contribution in [0.1, 0.15) is 0 Å². The molecule has 0 aliphatic rings. The molecule has 0 saturated heterocycles. The van der Waals surface area contributed by atoms with Crippen molar-refractivity contribution in [3.63, 3.8) is 0 Å². The summed E-state index contributed by atoms with van der Waals surface area (Å²) >= 11 is 0. The van der Waals surface area contributed by atoms with Gasteiger partial charge in [-0.2, -0.15) is 0 Å². The van der Waals surface area contributed by atoms with E-state index in [1.54, 1.807) is 0 Å². The molecule has 0 aromatic carbocycles. The van der Waals surface area contributed by atoms with Crippen molar-refractivity contribution in [2.24, 2.45) is 4.99 Å². The summed E-state index contributed by atoms with van der Waals surface area (Å²) < 4.78 is 0. The van der Waals surface area contributed by atoms with Gasteiger partial charge in [0, 0.05) is 12.6 Å². The zero-order valence-corrected chi connectivity index (χ0v) is 6.25. The Bertz CT molecular complexity index is 70.6. The Hall–Kier alpha value is 0.0200. The summed E-state index contributed by atoms with van der Waals surface area (Å²) in [7, 11) is 1.35. The van der Waals surface area contributed by atoms with Crippen LogP contribution in [0.25, 0.3) is 0 Å². The van der Waals surface area contributed by atoms with Crippen molar-refractivity contribution in [3.8, 4) is 0 Å². The van der Waals surface area contributed by atoms with E-state index in [-0.39, 0.29) is 0 Å². The Balaban J connectivity index is 3.56. The van der Waals surface area contributed by atoms with E-state index in [0.717, 1.165) is 0 Å². The lowest BCUT2D eigenvalue weighted by Crippen LogP contribution is -1.90. The van der Waals surface area contributed by atoms with Gasteiger partial charge in [-0.1, -0.05) is 0 Å². The van der Waals surface area contributed by atoms with Crippen LogP contribution in [0.5, 0.6) is 0 Å². The molecule has 0 fully saturated rings. The predicted molar refractivity (Wildman–Crippen MR) is 39.8 cm³/mol. The van der Waals surface area contributed by atoms with Crippen LogP contribution in [0.15, 0.2) is 4.99 Å². The Morgan fingerprint density at radius 2 is 1.71 bits per heavy atom. The van der Waals surface area contributed by atoms with Gasteiger partial charge in [0.25, 0.3) is 0 Å². The van der Waals surface area contributed by atoms with E-state index in [2.05, 4.69) is 23.8 Å².